The van der Waals surface area contributed by atoms with Crippen LogP contribution in [-0.4, -0.2) is 17.6 Å². The van der Waals surface area contributed by atoms with Crippen LogP contribution in [0.2, 0.25) is 0 Å². The Morgan fingerprint density at radius 3 is 2.83 bits per heavy atom. The molecule has 2 fully saturated rings. The van der Waals surface area contributed by atoms with Crippen LogP contribution in [0.25, 0.3) is 0 Å². The summed E-state index contributed by atoms with van der Waals surface area (Å²) in [4.78, 5) is 11.0. The van der Waals surface area contributed by atoms with Gasteiger partial charge < -0.3 is 10.8 Å². The smallest absolute Gasteiger partial charge is 0.303 e. The van der Waals surface area contributed by atoms with Gasteiger partial charge in [-0.05, 0) is 49.0 Å². The minimum absolute atomic E-state index is 0.127. The number of aliphatic carboxylic acids is 1. The van der Waals surface area contributed by atoms with Crippen molar-refractivity contribution >= 4 is 5.97 Å². The first kappa shape index (κ1) is 12.2. The first-order chi connectivity index (χ1) is 8.63. The molecule has 0 aromatic heterocycles. The van der Waals surface area contributed by atoms with Crippen molar-refractivity contribution in [3.8, 4) is 0 Å². The van der Waals surface area contributed by atoms with Crippen molar-refractivity contribution in [1.29, 1.82) is 0 Å². The van der Waals surface area contributed by atoms with E-state index in [0.29, 0.717) is 18.4 Å². The van der Waals surface area contributed by atoms with Crippen LogP contribution in [-0.2, 0) is 4.79 Å². The van der Waals surface area contributed by atoms with Gasteiger partial charge in [0.05, 0.1) is 6.42 Å². The second kappa shape index (κ2) is 4.37. The minimum Gasteiger partial charge on any atom is -0.481 e. The van der Waals surface area contributed by atoms with Gasteiger partial charge in [0.15, 0.2) is 0 Å². The number of nitrogens with two attached hydrogens (primary N) is 1. The van der Waals surface area contributed by atoms with Crippen LogP contribution in [0.15, 0.2) is 11.6 Å². The third-order valence-corrected chi connectivity index (χ3v) is 5.51. The van der Waals surface area contributed by atoms with Gasteiger partial charge in [0.25, 0.3) is 0 Å². The molecular weight excluding hydrogens is 226 g/mol. The van der Waals surface area contributed by atoms with E-state index in [2.05, 4.69) is 6.08 Å². The molecular formula is C15H23NO2. The molecule has 100 valence electrons. The minimum atomic E-state index is -0.695. The quantitative estimate of drug-likeness (QED) is 0.736. The van der Waals surface area contributed by atoms with Crippen LogP contribution in [0.4, 0.5) is 0 Å². The second-order valence-corrected chi connectivity index (χ2v) is 6.66. The fourth-order valence-electron chi connectivity index (χ4n) is 4.30. The van der Waals surface area contributed by atoms with Gasteiger partial charge in [-0.1, -0.05) is 30.9 Å². The van der Waals surface area contributed by atoms with Crippen molar-refractivity contribution in [2.45, 2.75) is 44.9 Å². The number of carbonyl (C=O) groups is 1. The molecule has 3 aliphatic rings. The van der Waals surface area contributed by atoms with E-state index < -0.39 is 5.97 Å². The molecule has 0 aromatic rings. The van der Waals surface area contributed by atoms with E-state index in [0.717, 1.165) is 12.3 Å². The number of carboxylic acid groups (broad SMARTS) is 1. The van der Waals surface area contributed by atoms with Gasteiger partial charge in [-0.2, -0.15) is 0 Å². The second-order valence-electron chi connectivity index (χ2n) is 6.66. The fraction of sp³-hybridized carbons (Fsp3) is 0.800. The first-order valence-corrected chi connectivity index (χ1v) is 7.24. The fourth-order valence-corrected chi connectivity index (χ4v) is 4.30. The van der Waals surface area contributed by atoms with Crippen LogP contribution < -0.4 is 5.73 Å². The van der Waals surface area contributed by atoms with Gasteiger partial charge in [-0.25, -0.2) is 0 Å². The van der Waals surface area contributed by atoms with Gasteiger partial charge in [-0.15, -0.1) is 0 Å². The van der Waals surface area contributed by atoms with Crippen molar-refractivity contribution in [2.24, 2.45) is 28.9 Å². The molecule has 0 aliphatic heterocycles. The molecule has 2 unspecified atom stereocenters. The van der Waals surface area contributed by atoms with Crippen molar-refractivity contribution in [2.75, 3.05) is 6.54 Å². The summed E-state index contributed by atoms with van der Waals surface area (Å²) in [6.45, 7) is 0.522. The predicted octanol–water partition coefficient (Wildman–Crippen LogP) is 2.56. The van der Waals surface area contributed by atoms with E-state index in [1.807, 2.05) is 0 Å². The van der Waals surface area contributed by atoms with E-state index in [4.69, 9.17) is 10.8 Å². The van der Waals surface area contributed by atoms with Crippen molar-refractivity contribution < 1.29 is 9.90 Å². The lowest BCUT2D eigenvalue weighted by molar-refractivity contribution is -0.144. The van der Waals surface area contributed by atoms with E-state index in [1.165, 1.54) is 32.1 Å². The summed E-state index contributed by atoms with van der Waals surface area (Å²) >= 11 is 0. The molecule has 0 amide bonds. The molecule has 3 rings (SSSR count). The highest BCUT2D eigenvalue weighted by atomic mass is 16.4. The molecule has 0 aromatic carbocycles. The Hall–Kier alpha value is -0.830. The van der Waals surface area contributed by atoms with Gasteiger partial charge >= 0.3 is 5.97 Å². The molecule has 2 saturated carbocycles. The zero-order valence-corrected chi connectivity index (χ0v) is 10.9. The number of carboxylic acids is 1. The molecule has 3 aliphatic carbocycles. The number of fused-ring (bicyclic) bond motifs is 1. The topological polar surface area (TPSA) is 63.3 Å². The van der Waals surface area contributed by atoms with E-state index >= 15 is 0 Å². The summed E-state index contributed by atoms with van der Waals surface area (Å²) in [6.07, 6.45) is 10.3. The summed E-state index contributed by atoms with van der Waals surface area (Å²) in [5, 5.41) is 9.05. The average Bonchev–Trinajstić information content (AvgIpc) is 2.59. The molecule has 18 heavy (non-hydrogen) atoms. The Labute approximate surface area is 108 Å². The molecule has 0 spiro atoms. The average molecular weight is 249 g/mol. The van der Waals surface area contributed by atoms with Gasteiger partial charge in [0.2, 0.25) is 0 Å². The number of rotatable bonds is 5. The predicted molar refractivity (Wildman–Crippen MR) is 70.0 cm³/mol. The van der Waals surface area contributed by atoms with Gasteiger partial charge in [0.1, 0.15) is 0 Å². The lowest BCUT2D eigenvalue weighted by Crippen LogP contribution is -2.51. The van der Waals surface area contributed by atoms with Crippen LogP contribution in [0.3, 0.4) is 0 Å². The normalized spacial score (nSPS) is 38.6. The summed E-state index contributed by atoms with van der Waals surface area (Å²) in [6, 6.07) is 0. The number of hydrogen-bond donors (Lipinski definition) is 2. The SMILES string of the molecule is NC[C@]1(CC(=O)O)CC2CC(CC3CCC3)=CC21. The molecule has 0 heterocycles. The van der Waals surface area contributed by atoms with Crippen molar-refractivity contribution in [3.63, 3.8) is 0 Å². The summed E-state index contributed by atoms with van der Waals surface area (Å²) in [5.41, 5.74) is 7.33. The van der Waals surface area contributed by atoms with E-state index in [1.54, 1.807) is 5.57 Å². The van der Waals surface area contributed by atoms with Crippen LogP contribution in [0, 0.1) is 23.2 Å². The largest absolute Gasteiger partial charge is 0.481 e. The monoisotopic (exact) mass is 249 g/mol. The Morgan fingerprint density at radius 1 is 1.50 bits per heavy atom. The lowest BCUT2D eigenvalue weighted by Gasteiger charge is -2.51. The Kier molecular flexibility index (Phi) is 2.97. The van der Waals surface area contributed by atoms with E-state index in [-0.39, 0.29) is 11.8 Å². The van der Waals surface area contributed by atoms with Gasteiger partial charge in [0, 0.05) is 0 Å². The maximum absolute atomic E-state index is 11.0. The standard InChI is InChI=1S/C15H23NO2/c16-9-15(8-14(17)18)7-12-5-11(6-13(12)15)4-10-2-1-3-10/h6,10,12-13H,1-5,7-9,16H2,(H,17,18)/t12?,13?,15-/m1/s1. The third-order valence-electron chi connectivity index (χ3n) is 5.51. The number of hydrogen-bond acceptors (Lipinski definition) is 2. The molecule has 0 bridgehead atoms. The maximum atomic E-state index is 11.0. The zero-order chi connectivity index (χ0) is 12.8. The van der Waals surface area contributed by atoms with Crippen LogP contribution >= 0.6 is 0 Å². The van der Waals surface area contributed by atoms with Crippen molar-refractivity contribution in [1.82, 2.24) is 0 Å². The maximum Gasteiger partial charge on any atom is 0.303 e. The first-order valence-electron chi connectivity index (χ1n) is 7.24. The molecule has 3 N–H and O–H groups in total. The molecule has 3 atom stereocenters. The Balaban J connectivity index is 1.66. The highest BCUT2D eigenvalue weighted by Crippen LogP contribution is 2.60. The summed E-state index contributed by atoms with van der Waals surface area (Å²) in [5.74, 6) is 1.37. The third kappa shape index (κ3) is 1.89. The lowest BCUT2D eigenvalue weighted by atomic mass is 9.53. The molecule has 0 saturated heterocycles. The Morgan fingerprint density at radius 2 is 2.28 bits per heavy atom. The van der Waals surface area contributed by atoms with Gasteiger partial charge in [-0.3, -0.25) is 4.79 Å². The number of allylic oxidation sites excluding steroid dienone is 2. The van der Waals surface area contributed by atoms with E-state index in [9.17, 15) is 4.79 Å². The summed E-state index contributed by atoms with van der Waals surface area (Å²) in [7, 11) is 0. The van der Waals surface area contributed by atoms with Crippen molar-refractivity contribution in [3.05, 3.63) is 11.6 Å². The zero-order valence-electron chi connectivity index (χ0n) is 10.9. The molecule has 3 nitrogen and oxygen atoms in total. The highest BCUT2D eigenvalue weighted by Gasteiger charge is 2.54. The van der Waals surface area contributed by atoms with Crippen LogP contribution in [0.5, 0.6) is 0 Å². The Bertz CT molecular complexity index is 386. The summed E-state index contributed by atoms with van der Waals surface area (Å²) < 4.78 is 0. The molecule has 3 heteroatoms. The molecule has 0 radical (unpaired) electrons. The van der Waals surface area contributed by atoms with Crippen LogP contribution in [0.1, 0.15) is 44.9 Å². The highest BCUT2D eigenvalue weighted by molar-refractivity contribution is 5.68.